The minimum Gasteiger partial charge on any atom is -0.435 e. The van der Waals surface area contributed by atoms with Gasteiger partial charge in [0.1, 0.15) is 11.9 Å². The Morgan fingerprint density at radius 3 is 2.76 bits per heavy atom. The maximum absolute atomic E-state index is 13.0. The van der Waals surface area contributed by atoms with Gasteiger partial charge in [-0.2, -0.15) is 5.26 Å². The third-order valence-electron chi connectivity index (χ3n) is 1.93. The van der Waals surface area contributed by atoms with E-state index in [0.717, 1.165) is 6.07 Å². The van der Waals surface area contributed by atoms with Crippen molar-refractivity contribution in [3.63, 3.8) is 0 Å². The molecule has 0 saturated carbocycles. The molecule has 1 aromatic heterocycles. The number of nitriles is 1. The number of nitrogens with two attached hydrogens (primary N) is 1. The third kappa shape index (κ3) is 2.46. The second kappa shape index (κ2) is 4.45. The van der Waals surface area contributed by atoms with Gasteiger partial charge in [-0.15, -0.1) is 0 Å². The summed E-state index contributed by atoms with van der Waals surface area (Å²) in [5.74, 6) is -0.166. The van der Waals surface area contributed by atoms with E-state index in [0.29, 0.717) is 0 Å². The predicted octanol–water partition coefficient (Wildman–Crippen LogP) is 1.86. The summed E-state index contributed by atoms with van der Waals surface area (Å²) in [5.41, 5.74) is 6.06. The van der Waals surface area contributed by atoms with E-state index in [1.165, 1.54) is 24.5 Å². The summed E-state index contributed by atoms with van der Waals surface area (Å²) in [7, 11) is 0. The first-order valence-electron chi connectivity index (χ1n) is 4.64. The van der Waals surface area contributed by atoms with Gasteiger partial charge in [-0.3, -0.25) is 0 Å². The molecule has 0 bridgehead atoms. The average molecular weight is 230 g/mol. The molecular formula is C11H7FN4O. The zero-order chi connectivity index (χ0) is 12.3. The molecule has 2 aromatic rings. The molecular weight excluding hydrogens is 223 g/mol. The fourth-order valence-corrected chi connectivity index (χ4v) is 1.14. The molecule has 84 valence electrons. The topological polar surface area (TPSA) is 84.8 Å². The predicted molar refractivity (Wildman–Crippen MR) is 57.6 cm³/mol. The van der Waals surface area contributed by atoms with E-state index < -0.39 is 5.82 Å². The molecule has 2 rings (SSSR count). The number of halogens is 1. The van der Waals surface area contributed by atoms with E-state index >= 15 is 0 Å². The van der Waals surface area contributed by atoms with Crippen molar-refractivity contribution in [2.24, 2.45) is 0 Å². The second-order valence-corrected chi connectivity index (χ2v) is 3.14. The molecule has 0 aliphatic carbocycles. The standard InChI is InChI=1S/C11H7FN4O/c12-7-1-2-9(14)10(3-7)17-11-6-15-8(4-13)5-16-11/h1-3,5-6H,14H2. The van der Waals surface area contributed by atoms with Gasteiger partial charge in [0.2, 0.25) is 5.88 Å². The van der Waals surface area contributed by atoms with Crippen LogP contribution >= 0.6 is 0 Å². The van der Waals surface area contributed by atoms with E-state index in [1.54, 1.807) is 0 Å². The van der Waals surface area contributed by atoms with Crippen molar-refractivity contribution >= 4 is 5.69 Å². The van der Waals surface area contributed by atoms with Crippen LogP contribution in [0.25, 0.3) is 0 Å². The first-order chi connectivity index (χ1) is 8.19. The van der Waals surface area contributed by atoms with Gasteiger partial charge in [0, 0.05) is 6.07 Å². The van der Waals surface area contributed by atoms with Crippen LogP contribution in [0.4, 0.5) is 10.1 Å². The molecule has 0 fully saturated rings. The summed E-state index contributed by atoms with van der Waals surface area (Å²) in [6, 6.07) is 5.59. The highest BCUT2D eigenvalue weighted by molar-refractivity contribution is 5.53. The van der Waals surface area contributed by atoms with Crippen molar-refractivity contribution in [2.75, 3.05) is 5.73 Å². The number of nitrogens with zero attached hydrogens (tertiary/aromatic N) is 3. The van der Waals surface area contributed by atoms with E-state index in [2.05, 4.69) is 9.97 Å². The lowest BCUT2D eigenvalue weighted by atomic mass is 10.3. The van der Waals surface area contributed by atoms with Crippen LogP contribution in [0.1, 0.15) is 5.69 Å². The van der Waals surface area contributed by atoms with Crippen LogP contribution in [-0.4, -0.2) is 9.97 Å². The van der Waals surface area contributed by atoms with Crippen LogP contribution in [0.2, 0.25) is 0 Å². The molecule has 17 heavy (non-hydrogen) atoms. The molecule has 1 aromatic carbocycles. The molecule has 6 heteroatoms. The maximum atomic E-state index is 13.0. The number of anilines is 1. The van der Waals surface area contributed by atoms with Crippen LogP contribution in [0.3, 0.4) is 0 Å². The van der Waals surface area contributed by atoms with E-state index in [9.17, 15) is 4.39 Å². The van der Waals surface area contributed by atoms with Crippen molar-refractivity contribution < 1.29 is 9.13 Å². The number of aromatic nitrogens is 2. The summed E-state index contributed by atoms with van der Waals surface area (Å²) in [6.45, 7) is 0. The number of hydrogen-bond acceptors (Lipinski definition) is 5. The molecule has 2 N–H and O–H groups in total. The van der Waals surface area contributed by atoms with Gasteiger partial charge >= 0.3 is 0 Å². The number of benzene rings is 1. The maximum Gasteiger partial charge on any atom is 0.238 e. The lowest BCUT2D eigenvalue weighted by molar-refractivity contribution is 0.457. The molecule has 0 aliphatic rings. The summed E-state index contributed by atoms with van der Waals surface area (Å²) in [5, 5.41) is 8.54. The lowest BCUT2D eigenvalue weighted by Gasteiger charge is -2.06. The lowest BCUT2D eigenvalue weighted by Crippen LogP contribution is -1.95. The molecule has 5 nitrogen and oxygen atoms in total. The normalized spacial score (nSPS) is 9.65. The van der Waals surface area contributed by atoms with Crippen LogP contribution in [0.5, 0.6) is 11.6 Å². The van der Waals surface area contributed by atoms with Gasteiger partial charge in [-0.25, -0.2) is 14.4 Å². The van der Waals surface area contributed by atoms with Crippen molar-refractivity contribution in [3.8, 4) is 17.7 Å². The molecule has 0 unspecified atom stereocenters. The third-order valence-corrected chi connectivity index (χ3v) is 1.93. The monoisotopic (exact) mass is 230 g/mol. The van der Waals surface area contributed by atoms with Gasteiger partial charge in [-0.05, 0) is 12.1 Å². The highest BCUT2D eigenvalue weighted by Crippen LogP contribution is 2.26. The van der Waals surface area contributed by atoms with Crippen LogP contribution in [0.15, 0.2) is 30.6 Å². The van der Waals surface area contributed by atoms with Crippen LogP contribution < -0.4 is 10.5 Å². The zero-order valence-corrected chi connectivity index (χ0v) is 8.59. The minimum absolute atomic E-state index is 0.140. The van der Waals surface area contributed by atoms with Crippen molar-refractivity contribution in [2.45, 2.75) is 0 Å². The van der Waals surface area contributed by atoms with Crippen LogP contribution in [-0.2, 0) is 0 Å². The van der Waals surface area contributed by atoms with Gasteiger partial charge in [-0.1, -0.05) is 0 Å². The molecule has 1 heterocycles. The second-order valence-electron chi connectivity index (χ2n) is 3.14. The Bertz CT molecular complexity index is 577. The molecule has 0 amide bonds. The highest BCUT2D eigenvalue weighted by Gasteiger charge is 2.05. The summed E-state index contributed by atoms with van der Waals surface area (Å²) in [6.07, 6.45) is 2.52. The SMILES string of the molecule is N#Cc1cnc(Oc2cc(F)ccc2N)cn1. The number of hydrogen-bond donors (Lipinski definition) is 1. The quantitative estimate of drug-likeness (QED) is 0.796. The summed E-state index contributed by atoms with van der Waals surface area (Å²) < 4.78 is 18.2. The van der Waals surface area contributed by atoms with Crippen molar-refractivity contribution in [1.29, 1.82) is 5.26 Å². The summed E-state index contributed by atoms with van der Waals surface area (Å²) >= 11 is 0. The van der Waals surface area contributed by atoms with E-state index in [1.807, 2.05) is 6.07 Å². The number of rotatable bonds is 2. The largest absolute Gasteiger partial charge is 0.435 e. The van der Waals surface area contributed by atoms with Crippen molar-refractivity contribution in [3.05, 3.63) is 42.1 Å². The first kappa shape index (κ1) is 10.8. The average Bonchev–Trinajstić information content (AvgIpc) is 2.35. The highest BCUT2D eigenvalue weighted by atomic mass is 19.1. The Labute approximate surface area is 96.3 Å². The summed E-state index contributed by atoms with van der Waals surface area (Å²) in [4.78, 5) is 7.59. The van der Waals surface area contributed by atoms with Gasteiger partial charge in [0.05, 0.1) is 18.1 Å². The fraction of sp³-hybridized carbons (Fsp3) is 0. The minimum atomic E-state index is -0.462. The molecule has 0 radical (unpaired) electrons. The first-order valence-corrected chi connectivity index (χ1v) is 4.64. The van der Waals surface area contributed by atoms with E-state index in [-0.39, 0.29) is 23.0 Å². The Morgan fingerprint density at radius 1 is 1.29 bits per heavy atom. The molecule has 0 aliphatic heterocycles. The Kier molecular flexibility index (Phi) is 2.83. The fourth-order valence-electron chi connectivity index (χ4n) is 1.14. The molecule has 0 atom stereocenters. The number of ether oxygens (including phenoxy) is 1. The van der Waals surface area contributed by atoms with Gasteiger partial charge in [0.15, 0.2) is 11.4 Å². The Balaban J connectivity index is 2.25. The number of nitrogen functional groups attached to an aromatic ring is 1. The molecule has 0 saturated heterocycles. The van der Waals surface area contributed by atoms with Crippen molar-refractivity contribution in [1.82, 2.24) is 9.97 Å². The zero-order valence-electron chi connectivity index (χ0n) is 8.59. The van der Waals surface area contributed by atoms with Gasteiger partial charge in [0.25, 0.3) is 0 Å². The van der Waals surface area contributed by atoms with E-state index in [4.69, 9.17) is 15.7 Å². The smallest absolute Gasteiger partial charge is 0.238 e. The Morgan fingerprint density at radius 2 is 2.12 bits per heavy atom. The van der Waals surface area contributed by atoms with Crippen LogP contribution in [0, 0.1) is 17.1 Å². The van der Waals surface area contributed by atoms with Gasteiger partial charge < -0.3 is 10.5 Å². The Hall–Kier alpha value is -2.68. The molecule has 0 spiro atoms.